The third-order valence-electron chi connectivity index (χ3n) is 25.7. The number of nitrogens with zero attached hydrogens (tertiary/aromatic N) is 4. The molecule has 2 saturated carbocycles. The summed E-state index contributed by atoms with van der Waals surface area (Å²) < 4.78 is 63.0. The van der Waals surface area contributed by atoms with Gasteiger partial charge in [0.1, 0.15) is 30.8 Å². The standard InChI is InChI=1S/C87H141F3N10O13/c1-17-57(10)76(69(111-15)51-72(102)99-48-32-37-68(99)78(112-16)58(11)79(104)92-59(12)77(103)63-33-26-24-27-34-63)97(13)84(109)74(55(6)7)96-82(107)75(56(8)9)98(14)85(110)113-53-62-43-45-65(46-44-62)93-80(105)67(49-60-39-41-61(52-91)42-40-60)94-81(106)73(54(4)5)95-70(87(88,89)90)38-30-25-31-47-100-71(101)50-66(83(100)108)86(18-2,19-3)64-35-28-22-20-21-23-29-36-64/h24,26-27,33-34,43-46,54-61,64,66-70,73-78,95,103H,17-23,25,28-32,35-42,47-53,91H2,1-16H3,(H,92,104)(H,93,105)(H,94,106)(H,96,107)/t57-,58+,59+,60?,61?,66?,67-,68-,69+,70-,73-,74-,75-,76-,77+,78+/m0/s1. The van der Waals surface area contributed by atoms with Gasteiger partial charge in [-0.1, -0.05) is 189 Å². The van der Waals surface area contributed by atoms with Crippen LogP contribution in [0.25, 0.3) is 0 Å². The lowest BCUT2D eigenvalue weighted by Gasteiger charge is -2.44. The number of hydrogen-bond donors (Lipinski definition) is 7. The Kier molecular flexibility index (Phi) is 38.5. The van der Waals surface area contributed by atoms with E-state index in [4.69, 9.17) is 19.9 Å². The Balaban J connectivity index is 1.05. The minimum absolute atomic E-state index is 0.0183. The second-order valence-corrected chi connectivity index (χ2v) is 34.2. The van der Waals surface area contributed by atoms with Gasteiger partial charge in [0.25, 0.3) is 0 Å². The molecule has 0 spiro atoms. The van der Waals surface area contributed by atoms with E-state index in [1.165, 1.54) is 56.8 Å². The predicted molar refractivity (Wildman–Crippen MR) is 433 cm³/mol. The fourth-order valence-corrected chi connectivity index (χ4v) is 18.5. The summed E-state index contributed by atoms with van der Waals surface area (Å²) in [6.07, 6.45) is 8.57. The molecule has 638 valence electrons. The van der Waals surface area contributed by atoms with Gasteiger partial charge in [-0.2, -0.15) is 13.2 Å². The third-order valence-corrected chi connectivity index (χ3v) is 25.7. The van der Waals surface area contributed by atoms with Crippen LogP contribution in [0, 0.1) is 58.7 Å². The number of nitrogens with one attached hydrogen (secondary N) is 5. The maximum absolute atomic E-state index is 15.0. The molecule has 2 heterocycles. The van der Waals surface area contributed by atoms with Crippen molar-refractivity contribution in [1.29, 1.82) is 0 Å². The molecule has 4 fully saturated rings. The van der Waals surface area contributed by atoms with Gasteiger partial charge in [0.2, 0.25) is 47.3 Å². The maximum atomic E-state index is 15.0. The summed E-state index contributed by atoms with van der Waals surface area (Å²) in [4.78, 5) is 134. The second kappa shape index (κ2) is 45.7. The summed E-state index contributed by atoms with van der Waals surface area (Å²) in [5, 5.41) is 25.3. The van der Waals surface area contributed by atoms with Crippen LogP contribution in [0.3, 0.4) is 0 Å². The van der Waals surface area contributed by atoms with Crippen molar-refractivity contribution >= 4 is 59.0 Å². The number of carbonyl (C=O) groups is 9. The molecule has 14 atom stereocenters. The van der Waals surface area contributed by atoms with E-state index in [1.54, 1.807) is 109 Å². The summed E-state index contributed by atoms with van der Waals surface area (Å²) >= 11 is 0. The number of likely N-dealkylation sites (N-methyl/N-ethyl adjacent to an activating group) is 2. The fraction of sp³-hybridized carbons (Fsp3) is 0.759. The summed E-state index contributed by atoms with van der Waals surface area (Å²) in [7, 11) is 6.09. The number of carbonyl (C=O) groups excluding carboxylic acids is 9. The molecule has 26 heteroatoms. The molecule has 6 rings (SSSR count). The monoisotopic (exact) mass is 1590 g/mol. The molecule has 2 saturated heterocycles. The molecule has 0 radical (unpaired) electrons. The van der Waals surface area contributed by atoms with Gasteiger partial charge in [-0.3, -0.25) is 53.5 Å². The molecule has 2 aliphatic heterocycles. The minimum atomic E-state index is -4.73. The first kappa shape index (κ1) is 95.1. The van der Waals surface area contributed by atoms with Crippen LogP contribution < -0.4 is 32.3 Å². The molecule has 0 aromatic heterocycles. The van der Waals surface area contributed by atoms with Crippen molar-refractivity contribution in [2.75, 3.05) is 53.3 Å². The van der Waals surface area contributed by atoms with E-state index < -0.39 is 132 Å². The average Bonchev–Trinajstić information content (AvgIpc) is 1.63. The maximum Gasteiger partial charge on any atom is 0.410 e. The molecular formula is C87H141F3N10O13. The summed E-state index contributed by atoms with van der Waals surface area (Å²) in [6.45, 7) is 23.0. The lowest BCUT2D eigenvalue weighted by molar-refractivity contribution is -0.161. The van der Waals surface area contributed by atoms with Crippen molar-refractivity contribution < 1.29 is 75.6 Å². The number of alkyl halides is 3. The summed E-state index contributed by atoms with van der Waals surface area (Å²) in [5.74, 6) is -5.37. The molecule has 2 aromatic rings. The van der Waals surface area contributed by atoms with Crippen molar-refractivity contribution in [3.63, 3.8) is 0 Å². The number of methoxy groups -OCH3 is 2. The van der Waals surface area contributed by atoms with E-state index in [2.05, 4.69) is 40.4 Å². The van der Waals surface area contributed by atoms with Crippen LogP contribution in [0.5, 0.6) is 0 Å². The van der Waals surface area contributed by atoms with E-state index >= 15 is 13.2 Å². The van der Waals surface area contributed by atoms with Gasteiger partial charge >= 0.3 is 12.3 Å². The van der Waals surface area contributed by atoms with Crippen LogP contribution in [0.1, 0.15) is 254 Å². The first-order chi connectivity index (χ1) is 53.6. The smallest absolute Gasteiger partial charge is 0.410 e. The Labute approximate surface area is 672 Å². The van der Waals surface area contributed by atoms with Crippen molar-refractivity contribution in [3.05, 3.63) is 65.7 Å². The van der Waals surface area contributed by atoms with E-state index in [1.807, 2.05) is 32.0 Å². The Bertz CT molecular complexity index is 3310. The number of amides is 9. The largest absolute Gasteiger partial charge is 0.445 e. The zero-order valence-electron chi connectivity index (χ0n) is 70.9. The van der Waals surface area contributed by atoms with Crippen molar-refractivity contribution in [1.82, 2.24) is 40.9 Å². The molecule has 8 N–H and O–H groups in total. The number of nitrogens with two attached hydrogens (primary N) is 1. The molecule has 23 nitrogen and oxygen atoms in total. The van der Waals surface area contributed by atoms with Gasteiger partial charge in [-0.25, -0.2) is 4.79 Å². The summed E-state index contributed by atoms with van der Waals surface area (Å²) in [6, 6.07) is 7.13. The highest BCUT2D eigenvalue weighted by molar-refractivity contribution is 6.04. The highest BCUT2D eigenvalue weighted by Crippen LogP contribution is 2.51. The molecule has 1 unspecified atom stereocenters. The SMILES string of the molecule is CC[C@H](C)[C@@H]([C@@H](CC(=O)N1CCC[C@H]1[C@H](OC)[C@@H](C)C(=O)N[C@H](C)[C@@H](O)c1ccccc1)OC)N(C)C(=O)[C@@H](NC(=O)[C@H](C(C)C)N(C)C(=O)OCc1ccc(NC(=O)[C@H](CC2CCC(CN)CC2)NC(=O)[C@@H](N[C@@H](CCCCCN2C(=O)CC(C(CC)(CC)C3CCCCCCCC3)C2=O)C(F)(F)F)C(C)C)cc1)C(C)C. The number of imide groups is 1. The number of rotatable bonds is 42. The number of likely N-dealkylation sites (tertiary alicyclic amines) is 2. The molecule has 2 aromatic carbocycles. The minimum Gasteiger partial charge on any atom is -0.445 e. The van der Waals surface area contributed by atoms with Gasteiger partial charge in [0, 0.05) is 53.5 Å². The Morgan fingerprint density at radius 1 is 0.673 bits per heavy atom. The summed E-state index contributed by atoms with van der Waals surface area (Å²) in [5.41, 5.74) is 7.27. The van der Waals surface area contributed by atoms with Crippen LogP contribution in [0.2, 0.25) is 0 Å². The number of benzene rings is 2. The fourth-order valence-electron chi connectivity index (χ4n) is 18.5. The van der Waals surface area contributed by atoms with Gasteiger partial charge in [-0.15, -0.1) is 0 Å². The number of hydrogen-bond acceptors (Lipinski definition) is 15. The van der Waals surface area contributed by atoms with Crippen molar-refractivity contribution in [2.24, 2.45) is 64.4 Å². The quantitative estimate of drug-likeness (QED) is 0.0240. The first-order valence-corrected chi connectivity index (χ1v) is 42.6. The normalized spacial score (nSPS) is 21.5. The zero-order valence-corrected chi connectivity index (χ0v) is 70.9. The van der Waals surface area contributed by atoms with E-state index in [-0.39, 0.29) is 86.1 Å². The van der Waals surface area contributed by atoms with Crippen LogP contribution in [-0.2, 0) is 59.2 Å². The predicted octanol–water partition coefficient (Wildman–Crippen LogP) is 13.2. The molecule has 113 heavy (non-hydrogen) atoms. The van der Waals surface area contributed by atoms with Crippen LogP contribution in [-0.4, -0.2) is 193 Å². The number of unbranched alkanes of at least 4 members (excludes halogenated alkanes) is 2. The highest BCUT2D eigenvalue weighted by Gasteiger charge is 2.53. The number of aliphatic hydroxyl groups excluding tert-OH is 1. The number of anilines is 1. The number of ether oxygens (including phenoxy) is 3. The van der Waals surface area contributed by atoms with E-state index in [0.717, 1.165) is 64.2 Å². The van der Waals surface area contributed by atoms with Gasteiger partial charge in [0.15, 0.2) is 0 Å². The van der Waals surface area contributed by atoms with E-state index in [9.17, 15) is 48.3 Å². The van der Waals surface area contributed by atoms with Gasteiger partial charge in [-0.05, 0) is 154 Å². The van der Waals surface area contributed by atoms with Gasteiger partial charge in [0.05, 0.1) is 60.7 Å². The second-order valence-electron chi connectivity index (χ2n) is 34.2. The van der Waals surface area contributed by atoms with Crippen molar-refractivity contribution in [3.8, 4) is 0 Å². The third kappa shape index (κ3) is 26.1. The molecule has 4 aliphatic rings. The van der Waals surface area contributed by atoms with Crippen LogP contribution in [0.15, 0.2) is 54.6 Å². The van der Waals surface area contributed by atoms with Gasteiger partial charge < -0.3 is 56.1 Å². The molecule has 0 bridgehead atoms. The Morgan fingerprint density at radius 2 is 1.28 bits per heavy atom. The van der Waals surface area contributed by atoms with E-state index in [0.29, 0.717) is 73.8 Å². The molecule has 2 aliphatic carbocycles. The van der Waals surface area contributed by atoms with Crippen molar-refractivity contribution in [2.45, 2.75) is 317 Å². The Hall–Kier alpha value is -6.74. The van der Waals surface area contributed by atoms with Crippen LogP contribution in [0.4, 0.5) is 23.7 Å². The highest BCUT2D eigenvalue weighted by atomic mass is 19.4. The lowest BCUT2D eigenvalue weighted by atomic mass is 9.60. The molecule has 9 amide bonds. The molecular weight excluding hydrogens is 1450 g/mol. The Morgan fingerprint density at radius 3 is 1.84 bits per heavy atom. The van der Waals surface area contributed by atoms with Crippen LogP contribution >= 0.6 is 0 Å². The first-order valence-electron chi connectivity index (χ1n) is 42.6. The zero-order chi connectivity index (χ0) is 83.6. The number of halogens is 3. The average molecular weight is 1590 g/mol. The lowest BCUT2D eigenvalue weighted by Crippen LogP contribution is -2.60. The topological polar surface area (TPSA) is 301 Å². The number of aliphatic hydroxyl groups is 1.